The third-order valence-electron chi connectivity index (χ3n) is 2.70. The Bertz CT molecular complexity index is 504. The minimum absolute atomic E-state index is 0.705. The molecule has 0 amide bonds. The van der Waals surface area contributed by atoms with Gasteiger partial charge in [0.2, 0.25) is 0 Å². The summed E-state index contributed by atoms with van der Waals surface area (Å²) in [5.74, 6) is 0. The number of hydrogen-bond acceptors (Lipinski definition) is 4. The lowest BCUT2D eigenvalue weighted by Crippen LogP contribution is -2.16. The maximum Gasteiger partial charge on any atom is 0.150 e. The van der Waals surface area contributed by atoms with E-state index in [0.29, 0.717) is 5.56 Å². The van der Waals surface area contributed by atoms with E-state index in [4.69, 9.17) is 0 Å². The lowest BCUT2D eigenvalue weighted by molar-refractivity contribution is 0.112. The Kier molecular flexibility index (Phi) is 3.54. The highest BCUT2D eigenvalue weighted by Crippen LogP contribution is 2.19. The molecule has 0 N–H and O–H groups in total. The Balaban J connectivity index is 2.11. The largest absolute Gasteiger partial charge is 0.369 e. The third-order valence-corrected chi connectivity index (χ3v) is 3.62. The van der Waals surface area contributed by atoms with Crippen molar-refractivity contribution in [2.45, 2.75) is 13.5 Å². The summed E-state index contributed by atoms with van der Waals surface area (Å²) in [6, 6.07) is 7.58. The lowest BCUT2D eigenvalue weighted by atomic mass is 10.2. The van der Waals surface area contributed by atoms with E-state index < -0.39 is 0 Å². The third kappa shape index (κ3) is 2.71. The molecule has 0 unspecified atom stereocenters. The average molecular weight is 246 g/mol. The van der Waals surface area contributed by atoms with Crippen LogP contribution in [0.4, 0.5) is 5.69 Å². The first-order valence-corrected chi connectivity index (χ1v) is 6.24. The van der Waals surface area contributed by atoms with Gasteiger partial charge in [-0.1, -0.05) is 0 Å². The van der Waals surface area contributed by atoms with Crippen LogP contribution in [-0.2, 0) is 6.54 Å². The quantitative estimate of drug-likeness (QED) is 0.778. The molecule has 0 saturated carbocycles. The lowest BCUT2D eigenvalue weighted by Gasteiger charge is -2.18. The van der Waals surface area contributed by atoms with Crippen molar-refractivity contribution in [1.29, 1.82) is 0 Å². The predicted octanol–water partition coefficient (Wildman–Crippen LogP) is 2.90. The van der Waals surface area contributed by atoms with Crippen LogP contribution in [0.2, 0.25) is 0 Å². The van der Waals surface area contributed by atoms with Gasteiger partial charge in [0.1, 0.15) is 6.29 Å². The average Bonchev–Trinajstić information content (AvgIpc) is 2.75. The molecule has 0 bridgehead atoms. The van der Waals surface area contributed by atoms with Crippen molar-refractivity contribution >= 4 is 23.3 Å². The van der Waals surface area contributed by atoms with E-state index in [2.05, 4.69) is 9.88 Å². The summed E-state index contributed by atoms with van der Waals surface area (Å²) >= 11 is 1.67. The summed E-state index contributed by atoms with van der Waals surface area (Å²) in [5.41, 5.74) is 4.76. The molecule has 1 heterocycles. The van der Waals surface area contributed by atoms with Crippen LogP contribution < -0.4 is 4.90 Å². The summed E-state index contributed by atoms with van der Waals surface area (Å²) in [6.07, 6.45) is 0.858. The van der Waals surface area contributed by atoms with E-state index in [0.717, 1.165) is 24.2 Å². The fourth-order valence-corrected chi connectivity index (χ4v) is 2.42. The van der Waals surface area contributed by atoms with Crippen molar-refractivity contribution < 1.29 is 4.79 Å². The molecule has 1 aromatic heterocycles. The van der Waals surface area contributed by atoms with Crippen molar-refractivity contribution in [3.05, 3.63) is 45.9 Å². The molecule has 0 radical (unpaired) electrons. The number of benzene rings is 1. The van der Waals surface area contributed by atoms with E-state index in [1.54, 1.807) is 11.3 Å². The van der Waals surface area contributed by atoms with E-state index in [1.165, 1.54) is 4.88 Å². The fourth-order valence-electron chi connectivity index (χ4n) is 1.59. The standard InChI is InChI=1S/C13H14N2OS/c1-10-13(17-9-14-10)7-15(2)12-5-3-11(8-16)4-6-12/h3-6,8-9H,7H2,1-2H3. The Labute approximate surface area is 105 Å². The number of aryl methyl sites for hydroxylation is 1. The summed E-state index contributed by atoms with van der Waals surface area (Å²) in [4.78, 5) is 18.2. The van der Waals surface area contributed by atoms with Crippen LogP contribution in [0.1, 0.15) is 20.9 Å². The van der Waals surface area contributed by atoms with Crippen LogP contribution in [0.15, 0.2) is 29.8 Å². The molecule has 1 aromatic carbocycles. The van der Waals surface area contributed by atoms with Gasteiger partial charge in [-0.15, -0.1) is 11.3 Å². The monoisotopic (exact) mass is 246 g/mol. The number of aromatic nitrogens is 1. The molecule has 2 aromatic rings. The Morgan fingerprint density at radius 2 is 2.06 bits per heavy atom. The second-order valence-electron chi connectivity index (χ2n) is 3.93. The minimum atomic E-state index is 0.705. The minimum Gasteiger partial charge on any atom is -0.369 e. The van der Waals surface area contributed by atoms with Crippen molar-refractivity contribution in [1.82, 2.24) is 4.98 Å². The van der Waals surface area contributed by atoms with Gasteiger partial charge in [0.15, 0.2) is 0 Å². The first kappa shape index (κ1) is 11.8. The van der Waals surface area contributed by atoms with Gasteiger partial charge in [0.05, 0.1) is 17.7 Å². The summed E-state index contributed by atoms with van der Waals surface area (Å²) in [7, 11) is 2.04. The molecule has 4 heteroatoms. The highest BCUT2D eigenvalue weighted by atomic mass is 32.1. The number of thiazole rings is 1. The molecule has 3 nitrogen and oxygen atoms in total. The van der Waals surface area contributed by atoms with Crippen LogP contribution in [0, 0.1) is 6.92 Å². The number of carbonyl (C=O) groups is 1. The van der Waals surface area contributed by atoms with Gasteiger partial charge in [0, 0.05) is 23.2 Å². The fraction of sp³-hybridized carbons (Fsp3) is 0.231. The Hall–Kier alpha value is -1.68. The Morgan fingerprint density at radius 1 is 1.35 bits per heavy atom. The zero-order valence-electron chi connectivity index (χ0n) is 9.88. The number of nitrogens with zero attached hydrogens (tertiary/aromatic N) is 2. The van der Waals surface area contributed by atoms with Crippen LogP contribution in [0.25, 0.3) is 0 Å². The second kappa shape index (κ2) is 5.10. The van der Waals surface area contributed by atoms with E-state index >= 15 is 0 Å². The molecule has 0 aliphatic heterocycles. The first-order valence-electron chi connectivity index (χ1n) is 5.36. The van der Waals surface area contributed by atoms with E-state index in [9.17, 15) is 4.79 Å². The Morgan fingerprint density at radius 3 is 2.59 bits per heavy atom. The van der Waals surface area contributed by atoms with Gasteiger partial charge in [0.25, 0.3) is 0 Å². The second-order valence-corrected chi connectivity index (χ2v) is 4.87. The van der Waals surface area contributed by atoms with Crippen LogP contribution in [0.3, 0.4) is 0 Å². The topological polar surface area (TPSA) is 33.2 Å². The maximum absolute atomic E-state index is 10.6. The number of carbonyl (C=O) groups excluding carboxylic acids is 1. The summed E-state index contributed by atoms with van der Waals surface area (Å²) in [6.45, 7) is 2.87. The predicted molar refractivity (Wildman–Crippen MR) is 70.8 cm³/mol. The molecular weight excluding hydrogens is 232 g/mol. The molecule has 2 rings (SSSR count). The molecular formula is C13H14N2OS. The zero-order valence-corrected chi connectivity index (χ0v) is 10.7. The molecule has 88 valence electrons. The molecule has 0 aliphatic rings. The number of hydrogen-bond donors (Lipinski definition) is 0. The number of anilines is 1. The van der Waals surface area contributed by atoms with E-state index in [1.807, 2.05) is 43.7 Å². The SMILES string of the molecule is Cc1ncsc1CN(C)c1ccc(C=O)cc1. The summed E-state index contributed by atoms with van der Waals surface area (Å²) in [5, 5.41) is 0. The van der Waals surface area contributed by atoms with E-state index in [-0.39, 0.29) is 0 Å². The van der Waals surface area contributed by atoms with Gasteiger partial charge in [-0.25, -0.2) is 4.98 Å². The van der Waals surface area contributed by atoms with Crippen LogP contribution in [-0.4, -0.2) is 18.3 Å². The molecule has 17 heavy (non-hydrogen) atoms. The highest BCUT2D eigenvalue weighted by molar-refractivity contribution is 7.09. The van der Waals surface area contributed by atoms with Gasteiger partial charge < -0.3 is 4.90 Å². The molecule has 0 aliphatic carbocycles. The van der Waals surface area contributed by atoms with Gasteiger partial charge in [-0.05, 0) is 31.2 Å². The summed E-state index contributed by atoms with van der Waals surface area (Å²) < 4.78 is 0. The highest BCUT2D eigenvalue weighted by Gasteiger charge is 2.06. The normalized spacial score (nSPS) is 10.2. The molecule has 0 atom stereocenters. The smallest absolute Gasteiger partial charge is 0.150 e. The number of rotatable bonds is 4. The number of aldehydes is 1. The maximum atomic E-state index is 10.6. The van der Waals surface area contributed by atoms with Crippen molar-refractivity contribution in [3.8, 4) is 0 Å². The van der Waals surface area contributed by atoms with Gasteiger partial charge >= 0.3 is 0 Å². The molecule has 0 fully saturated rings. The molecule has 0 spiro atoms. The van der Waals surface area contributed by atoms with Crippen molar-refractivity contribution in [3.63, 3.8) is 0 Å². The van der Waals surface area contributed by atoms with Crippen LogP contribution >= 0.6 is 11.3 Å². The molecule has 0 saturated heterocycles. The van der Waals surface area contributed by atoms with Crippen LogP contribution in [0.5, 0.6) is 0 Å². The van der Waals surface area contributed by atoms with Crippen molar-refractivity contribution in [2.24, 2.45) is 0 Å². The zero-order chi connectivity index (χ0) is 12.3. The van der Waals surface area contributed by atoms with Gasteiger partial charge in [-0.3, -0.25) is 4.79 Å². The first-order chi connectivity index (χ1) is 8.20. The van der Waals surface area contributed by atoms with Gasteiger partial charge in [-0.2, -0.15) is 0 Å². The van der Waals surface area contributed by atoms with Crippen molar-refractivity contribution in [2.75, 3.05) is 11.9 Å².